The third kappa shape index (κ3) is 3.65. The van der Waals surface area contributed by atoms with Crippen molar-refractivity contribution in [3.8, 4) is 6.07 Å². The van der Waals surface area contributed by atoms with Crippen molar-refractivity contribution in [3.05, 3.63) is 0 Å². The number of aryl methyl sites for hydroxylation is 1. The minimum Gasteiger partial charge on any atom is -0.481 e. The van der Waals surface area contributed by atoms with E-state index in [1.165, 1.54) is 44.3 Å². The molecule has 2 saturated heterocycles. The molecule has 0 aromatic carbocycles. The van der Waals surface area contributed by atoms with Crippen molar-refractivity contribution in [2.45, 2.75) is 23.5 Å². The van der Waals surface area contributed by atoms with Gasteiger partial charge in [-0.05, 0) is 22.4 Å². The van der Waals surface area contributed by atoms with Crippen LogP contribution in [0.25, 0.3) is 0 Å². The molecule has 0 radical (unpaired) electrons. The number of amides is 2. The number of carboxylic acids is 1. The molecule has 14 heteroatoms. The molecule has 1 N–H and O–H groups in total. The van der Waals surface area contributed by atoms with Gasteiger partial charge in [0, 0.05) is 32.0 Å². The molecule has 28 heavy (non-hydrogen) atoms. The van der Waals surface area contributed by atoms with Crippen LogP contribution in [0.3, 0.4) is 0 Å². The fourth-order valence-electron chi connectivity index (χ4n) is 2.98. The van der Waals surface area contributed by atoms with Crippen LogP contribution in [-0.4, -0.2) is 87.5 Å². The van der Waals surface area contributed by atoms with Gasteiger partial charge in [-0.2, -0.15) is 5.26 Å². The monoisotopic (exact) mass is 443 g/mol. The second-order valence-corrected chi connectivity index (χ2v) is 9.34. The Bertz CT molecular complexity index is 843. The average Bonchev–Trinajstić information content (AvgIpc) is 3.07. The zero-order chi connectivity index (χ0) is 20.5. The highest BCUT2D eigenvalue weighted by Gasteiger charge is 2.59. The third-order valence-electron chi connectivity index (χ3n) is 4.46. The Morgan fingerprint density at radius 2 is 2.29 bits per heavy atom. The highest BCUT2D eigenvalue weighted by atomic mass is 32.2. The Morgan fingerprint density at radius 1 is 1.54 bits per heavy atom. The fraction of sp³-hybridized carbons (Fsp3) is 0.643. The zero-order valence-electron chi connectivity index (χ0n) is 15.0. The Kier molecular flexibility index (Phi) is 6.06. The molecule has 11 nitrogen and oxygen atoms in total. The highest BCUT2D eigenvalue weighted by Crippen LogP contribution is 2.46. The number of fused-ring (bicyclic) bond motifs is 1. The fourth-order valence-corrected chi connectivity index (χ4v) is 6.55. The minimum absolute atomic E-state index is 0.0577. The van der Waals surface area contributed by atoms with Crippen molar-refractivity contribution in [2.75, 3.05) is 23.8 Å². The quantitative estimate of drug-likeness (QED) is 0.336. The summed E-state index contributed by atoms with van der Waals surface area (Å²) in [6.07, 6.45) is 0. The molecule has 150 valence electrons. The maximum Gasteiger partial charge on any atom is 0.313 e. The van der Waals surface area contributed by atoms with Gasteiger partial charge in [0.2, 0.25) is 17.0 Å². The summed E-state index contributed by atoms with van der Waals surface area (Å²) >= 11 is 3.58. The van der Waals surface area contributed by atoms with Crippen molar-refractivity contribution >= 4 is 53.3 Å². The van der Waals surface area contributed by atoms with E-state index in [1.807, 2.05) is 6.07 Å². The predicted molar refractivity (Wildman–Crippen MR) is 102 cm³/mol. The van der Waals surface area contributed by atoms with E-state index in [1.54, 1.807) is 7.05 Å². The van der Waals surface area contributed by atoms with Crippen LogP contribution < -0.4 is 0 Å². The number of aromatic nitrogens is 4. The number of rotatable bonds is 7. The number of hydrogen-bond acceptors (Lipinski definition) is 10. The number of tetrazole rings is 1. The molecule has 2 amide bonds. The summed E-state index contributed by atoms with van der Waals surface area (Å²) in [5, 5.41) is 29.9. The summed E-state index contributed by atoms with van der Waals surface area (Å²) in [6, 6.07) is 1.27. The van der Waals surface area contributed by atoms with Crippen molar-refractivity contribution in [3.63, 3.8) is 0 Å². The predicted octanol–water partition coefficient (Wildman–Crippen LogP) is -0.323. The molecule has 2 aliphatic heterocycles. The van der Waals surface area contributed by atoms with Gasteiger partial charge in [0.15, 0.2) is 6.04 Å². The number of carbonyl (C=O) groups excluding carboxylic acids is 2. The molecule has 3 atom stereocenters. The van der Waals surface area contributed by atoms with Crippen molar-refractivity contribution in [1.29, 1.82) is 5.26 Å². The molecule has 2 aliphatic rings. The summed E-state index contributed by atoms with van der Waals surface area (Å²) in [4.78, 5) is 38.1. The summed E-state index contributed by atoms with van der Waals surface area (Å²) in [5.74, 6) is -1.03. The maximum absolute atomic E-state index is 12.7. The molecular formula is C14H17N7O4S3. The lowest BCUT2D eigenvalue weighted by Gasteiger charge is -2.55. The Labute approximate surface area is 173 Å². The van der Waals surface area contributed by atoms with E-state index in [4.69, 9.17) is 5.26 Å². The van der Waals surface area contributed by atoms with Gasteiger partial charge in [-0.15, -0.1) is 16.9 Å². The average molecular weight is 444 g/mol. The summed E-state index contributed by atoms with van der Waals surface area (Å²) < 4.78 is 2.79. The molecule has 1 aromatic rings. The number of carbonyl (C=O) groups is 3. The topological polar surface area (TPSA) is 145 Å². The standard InChI is InChI=1S/C14H17N7O4S3/c1-8(22)21(28-4-3-15)9-10(23)20-5-14(12(24)25,6-26-11(9)20)7-27-13-16-17-18-19(13)2/h9,11H,4-7H2,1-2H3,(H,24,25)/t9?,11-,14?/m1/s1. The summed E-state index contributed by atoms with van der Waals surface area (Å²) in [6.45, 7) is 1.41. The van der Waals surface area contributed by atoms with Crippen LogP contribution in [0.2, 0.25) is 0 Å². The molecule has 0 bridgehead atoms. The first-order valence-corrected chi connectivity index (χ1v) is 11.1. The lowest BCUT2D eigenvalue weighted by Crippen LogP contribution is -2.73. The van der Waals surface area contributed by atoms with Crippen LogP contribution in [0.1, 0.15) is 6.92 Å². The second kappa shape index (κ2) is 8.18. The van der Waals surface area contributed by atoms with Crippen LogP contribution in [0.4, 0.5) is 0 Å². The molecule has 2 fully saturated rings. The number of aliphatic carboxylic acids is 1. The van der Waals surface area contributed by atoms with Crippen molar-refractivity contribution in [1.82, 2.24) is 29.4 Å². The number of hydrogen-bond donors (Lipinski definition) is 1. The van der Waals surface area contributed by atoms with E-state index < -0.39 is 17.4 Å². The van der Waals surface area contributed by atoms with Gasteiger partial charge >= 0.3 is 5.97 Å². The number of nitrogens with zero attached hydrogens (tertiary/aromatic N) is 7. The van der Waals surface area contributed by atoms with Crippen molar-refractivity contribution in [2.24, 2.45) is 12.5 Å². The van der Waals surface area contributed by atoms with Gasteiger partial charge in [-0.25, -0.2) is 4.68 Å². The first kappa shape index (κ1) is 20.7. The van der Waals surface area contributed by atoms with Crippen LogP contribution in [0.15, 0.2) is 5.16 Å². The lowest BCUT2D eigenvalue weighted by atomic mass is 9.89. The van der Waals surface area contributed by atoms with Gasteiger partial charge in [0.25, 0.3) is 0 Å². The van der Waals surface area contributed by atoms with E-state index in [9.17, 15) is 19.5 Å². The van der Waals surface area contributed by atoms with Gasteiger partial charge in [-0.1, -0.05) is 11.8 Å². The Balaban J connectivity index is 1.72. The van der Waals surface area contributed by atoms with E-state index in [0.29, 0.717) is 10.9 Å². The van der Waals surface area contributed by atoms with Gasteiger partial charge in [-0.3, -0.25) is 18.7 Å². The van der Waals surface area contributed by atoms with Gasteiger partial charge in [0.05, 0.1) is 6.07 Å². The first-order chi connectivity index (χ1) is 13.3. The van der Waals surface area contributed by atoms with E-state index in [2.05, 4.69) is 15.5 Å². The Hall–Kier alpha value is -1.98. The third-order valence-corrected chi connectivity index (χ3v) is 8.36. The molecule has 0 aliphatic carbocycles. The molecule has 3 rings (SSSR count). The van der Waals surface area contributed by atoms with Crippen LogP contribution >= 0.6 is 35.5 Å². The van der Waals surface area contributed by atoms with Crippen LogP contribution in [0.5, 0.6) is 0 Å². The van der Waals surface area contributed by atoms with Gasteiger partial charge in [0.1, 0.15) is 16.5 Å². The number of carboxylic acid groups (broad SMARTS) is 1. The lowest BCUT2D eigenvalue weighted by molar-refractivity contribution is -0.161. The second-order valence-electron chi connectivity index (χ2n) is 6.35. The smallest absolute Gasteiger partial charge is 0.313 e. The van der Waals surface area contributed by atoms with E-state index in [-0.39, 0.29) is 35.2 Å². The molecule has 2 unspecified atom stereocenters. The number of thioether (sulfide) groups is 2. The maximum atomic E-state index is 12.7. The summed E-state index contributed by atoms with van der Waals surface area (Å²) in [7, 11) is 1.67. The largest absolute Gasteiger partial charge is 0.481 e. The van der Waals surface area contributed by atoms with Crippen LogP contribution in [0, 0.1) is 16.7 Å². The molecule has 1 aromatic heterocycles. The normalized spacial score (nSPS) is 26.2. The van der Waals surface area contributed by atoms with E-state index in [0.717, 1.165) is 11.9 Å². The Morgan fingerprint density at radius 3 is 2.86 bits per heavy atom. The highest BCUT2D eigenvalue weighted by molar-refractivity contribution is 8.01. The summed E-state index contributed by atoms with van der Waals surface area (Å²) in [5.41, 5.74) is -1.14. The first-order valence-electron chi connectivity index (χ1n) is 8.11. The van der Waals surface area contributed by atoms with Crippen molar-refractivity contribution < 1.29 is 19.5 Å². The van der Waals surface area contributed by atoms with Gasteiger partial charge < -0.3 is 10.0 Å². The number of nitriles is 1. The molecule has 0 saturated carbocycles. The molecular weight excluding hydrogens is 426 g/mol. The van der Waals surface area contributed by atoms with Crippen LogP contribution in [-0.2, 0) is 21.4 Å². The minimum atomic E-state index is -1.14. The molecule has 3 heterocycles. The molecule has 0 spiro atoms. The SMILES string of the molecule is CC(=O)N(SCC#N)C1C(=O)N2CC(CSc3nnnn3C)(C(=O)O)CS[C@H]12. The van der Waals surface area contributed by atoms with E-state index >= 15 is 0 Å². The zero-order valence-corrected chi connectivity index (χ0v) is 17.5. The number of β-lactam (4-membered cyclic amide) rings is 1.